The quantitative estimate of drug-likeness (QED) is 0.336. The summed E-state index contributed by atoms with van der Waals surface area (Å²) >= 11 is 0. The Hall–Kier alpha value is -3.18. The van der Waals surface area contributed by atoms with Crippen molar-refractivity contribution in [2.75, 3.05) is 26.4 Å². The topological polar surface area (TPSA) is 158 Å². The molecule has 0 aromatic heterocycles. The van der Waals surface area contributed by atoms with Crippen LogP contribution in [-0.4, -0.2) is 74.5 Å². The third kappa shape index (κ3) is 22.9. The first-order valence-corrected chi connectivity index (χ1v) is 8.71. The van der Waals surface area contributed by atoms with Gasteiger partial charge >= 0.3 is 35.8 Å². The van der Waals surface area contributed by atoms with Crippen molar-refractivity contribution in [1.29, 1.82) is 0 Å². The molecule has 0 aromatic carbocycles. The fourth-order valence-corrected chi connectivity index (χ4v) is 1.54. The number of esters is 6. The maximum atomic E-state index is 10.6. The predicted molar refractivity (Wildman–Crippen MR) is 97.6 cm³/mol. The van der Waals surface area contributed by atoms with Crippen LogP contribution in [0.25, 0.3) is 0 Å². The van der Waals surface area contributed by atoms with Gasteiger partial charge in [0.15, 0.2) is 12.2 Å². The Balaban J connectivity index is 0. The first kappa shape index (κ1) is 29.0. The van der Waals surface area contributed by atoms with Crippen molar-refractivity contribution in [3.8, 4) is 0 Å². The number of carbonyl (C=O) groups is 6. The molecular formula is C18H28O12. The Labute approximate surface area is 174 Å². The Kier molecular flexibility index (Phi) is 16.2. The van der Waals surface area contributed by atoms with Gasteiger partial charge < -0.3 is 28.4 Å². The van der Waals surface area contributed by atoms with Crippen LogP contribution in [-0.2, 0) is 57.2 Å². The minimum absolute atomic E-state index is 0.123. The molecule has 0 aliphatic heterocycles. The highest BCUT2D eigenvalue weighted by atomic mass is 16.6. The zero-order valence-electron chi connectivity index (χ0n) is 17.9. The molecule has 0 aromatic rings. The van der Waals surface area contributed by atoms with Crippen LogP contribution in [0.15, 0.2) is 0 Å². The van der Waals surface area contributed by atoms with Gasteiger partial charge in [-0.3, -0.25) is 28.8 Å². The summed E-state index contributed by atoms with van der Waals surface area (Å²) in [7, 11) is 0. The second-order valence-electron chi connectivity index (χ2n) is 5.67. The van der Waals surface area contributed by atoms with E-state index in [1.807, 2.05) is 0 Å². The first-order chi connectivity index (χ1) is 13.8. The summed E-state index contributed by atoms with van der Waals surface area (Å²) in [5, 5.41) is 0. The van der Waals surface area contributed by atoms with Crippen molar-refractivity contribution in [1.82, 2.24) is 0 Å². The van der Waals surface area contributed by atoms with Crippen LogP contribution in [0.4, 0.5) is 0 Å². The zero-order valence-corrected chi connectivity index (χ0v) is 17.9. The molecule has 0 atom stereocenters. The molecule has 0 amide bonds. The van der Waals surface area contributed by atoms with Crippen molar-refractivity contribution in [3.05, 3.63) is 0 Å². The first-order valence-electron chi connectivity index (χ1n) is 8.71. The molecule has 0 aliphatic rings. The molecule has 12 heteroatoms. The molecule has 0 bridgehead atoms. The molecule has 0 aliphatic carbocycles. The van der Waals surface area contributed by atoms with Gasteiger partial charge in [0.1, 0.15) is 26.4 Å². The Morgan fingerprint density at radius 3 is 0.767 bits per heavy atom. The monoisotopic (exact) mass is 436 g/mol. The van der Waals surface area contributed by atoms with Crippen molar-refractivity contribution in [2.45, 2.75) is 53.8 Å². The van der Waals surface area contributed by atoms with E-state index in [0.29, 0.717) is 0 Å². The van der Waals surface area contributed by atoms with Gasteiger partial charge in [-0.15, -0.1) is 0 Å². The molecule has 0 saturated heterocycles. The number of hydrogen-bond donors (Lipinski definition) is 0. The lowest BCUT2D eigenvalue weighted by Crippen LogP contribution is -2.29. The van der Waals surface area contributed by atoms with Crippen LogP contribution < -0.4 is 0 Å². The van der Waals surface area contributed by atoms with Crippen molar-refractivity contribution in [2.24, 2.45) is 0 Å². The van der Waals surface area contributed by atoms with E-state index in [0.717, 1.165) is 0 Å². The number of ether oxygens (including phenoxy) is 6. The minimum Gasteiger partial charge on any atom is -0.462 e. The van der Waals surface area contributed by atoms with Gasteiger partial charge in [-0.2, -0.15) is 0 Å². The average Bonchev–Trinajstić information content (AvgIpc) is 2.59. The Morgan fingerprint density at radius 1 is 0.433 bits per heavy atom. The van der Waals surface area contributed by atoms with Gasteiger partial charge in [0, 0.05) is 41.5 Å². The van der Waals surface area contributed by atoms with E-state index in [1.165, 1.54) is 41.5 Å². The van der Waals surface area contributed by atoms with E-state index >= 15 is 0 Å². The van der Waals surface area contributed by atoms with Gasteiger partial charge in [-0.05, 0) is 0 Å². The number of carbonyl (C=O) groups excluding carboxylic acids is 6. The zero-order chi connectivity index (χ0) is 23.7. The van der Waals surface area contributed by atoms with Crippen LogP contribution in [0.1, 0.15) is 41.5 Å². The van der Waals surface area contributed by atoms with Gasteiger partial charge in [-0.25, -0.2) is 0 Å². The van der Waals surface area contributed by atoms with E-state index in [1.54, 1.807) is 0 Å². The van der Waals surface area contributed by atoms with Crippen LogP contribution in [0.3, 0.4) is 0 Å². The molecule has 0 heterocycles. The fourth-order valence-electron chi connectivity index (χ4n) is 1.54. The summed E-state index contributed by atoms with van der Waals surface area (Å²) in [5.41, 5.74) is 0. The maximum Gasteiger partial charge on any atom is 0.303 e. The van der Waals surface area contributed by atoms with Gasteiger partial charge in [0.2, 0.25) is 0 Å². The Morgan fingerprint density at radius 2 is 0.633 bits per heavy atom. The molecule has 30 heavy (non-hydrogen) atoms. The van der Waals surface area contributed by atoms with E-state index < -0.39 is 48.0 Å². The molecule has 0 radical (unpaired) electrons. The van der Waals surface area contributed by atoms with E-state index in [-0.39, 0.29) is 26.4 Å². The molecule has 12 nitrogen and oxygen atoms in total. The van der Waals surface area contributed by atoms with Gasteiger partial charge in [0.05, 0.1) is 0 Å². The molecule has 0 saturated carbocycles. The lowest BCUT2D eigenvalue weighted by molar-refractivity contribution is -0.163. The predicted octanol–water partition coefficient (Wildman–Crippen LogP) is 0.0886. The highest BCUT2D eigenvalue weighted by Gasteiger charge is 2.16. The summed E-state index contributed by atoms with van der Waals surface area (Å²) in [6, 6.07) is 0. The fraction of sp³-hybridized carbons (Fsp3) is 0.667. The highest BCUT2D eigenvalue weighted by molar-refractivity contribution is 5.68. The van der Waals surface area contributed by atoms with E-state index in [9.17, 15) is 28.8 Å². The van der Waals surface area contributed by atoms with Crippen molar-refractivity contribution >= 4 is 35.8 Å². The minimum atomic E-state index is -0.754. The largest absolute Gasteiger partial charge is 0.462 e. The lowest BCUT2D eigenvalue weighted by atomic mass is 10.4. The van der Waals surface area contributed by atoms with E-state index in [2.05, 4.69) is 18.9 Å². The summed E-state index contributed by atoms with van der Waals surface area (Å²) in [4.78, 5) is 63.3. The molecule has 0 N–H and O–H groups in total. The van der Waals surface area contributed by atoms with Crippen molar-refractivity contribution < 1.29 is 57.2 Å². The summed E-state index contributed by atoms with van der Waals surface area (Å²) in [5.74, 6) is -3.02. The number of hydrogen-bond acceptors (Lipinski definition) is 12. The molecule has 0 fully saturated rings. The van der Waals surface area contributed by atoms with Crippen LogP contribution >= 0.6 is 0 Å². The highest BCUT2D eigenvalue weighted by Crippen LogP contribution is 1.98. The lowest BCUT2D eigenvalue weighted by Gasteiger charge is -2.15. The maximum absolute atomic E-state index is 10.6. The molecular weight excluding hydrogens is 408 g/mol. The smallest absolute Gasteiger partial charge is 0.303 e. The summed E-state index contributed by atoms with van der Waals surface area (Å²) in [6.45, 7) is 6.87. The van der Waals surface area contributed by atoms with Crippen LogP contribution in [0.5, 0.6) is 0 Å². The second-order valence-corrected chi connectivity index (χ2v) is 5.67. The van der Waals surface area contributed by atoms with Gasteiger partial charge in [-0.1, -0.05) is 0 Å². The van der Waals surface area contributed by atoms with Crippen molar-refractivity contribution in [3.63, 3.8) is 0 Å². The van der Waals surface area contributed by atoms with Crippen LogP contribution in [0.2, 0.25) is 0 Å². The van der Waals surface area contributed by atoms with E-state index in [4.69, 9.17) is 9.47 Å². The van der Waals surface area contributed by atoms with Crippen LogP contribution in [0, 0.1) is 0 Å². The third-order valence-corrected chi connectivity index (χ3v) is 2.56. The summed E-state index contributed by atoms with van der Waals surface area (Å²) < 4.78 is 28.0. The molecule has 0 spiro atoms. The normalized spacial score (nSPS) is 9.60. The average molecular weight is 436 g/mol. The molecule has 0 unspecified atom stereocenters. The summed E-state index contributed by atoms with van der Waals surface area (Å²) in [6.07, 6.45) is -1.51. The SMILES string of the molecule is CC(=O)OCC(COC(C)=O)OC(C)=O.CC(=O)OCC(COC(C)=O)OC(C)=O. The second kappa shape index (κ2) is 16.7. The Bertz CT molecular complexity index is 510. The molecule has 0 rings (SSSR count). The standard InChI is InChI=1S/2C9H14O6/c2*1-6(10)13-4-9(15-8(3)12)5-14-7(2)11/h2*9H,4-5H2,1-3H3. The molecule has 172 valence electrons. The third-order valence-electron chi connectivity index (χ3n) is 2.56. The van der Waals surface area contributed by atoms with Gasteiger partial charge in [0.25, 0.3) is 0 Å². The number of rotatable bonds is 10.